The number of nitrogens with zero attached hydrogens (tertiary/aromatic N) is 1. The van der Waals surface area contributed by atoms with Gasteiger partial charge in [-0.25, -0.2) is 0 Å². The van der Waals surface area contributed by atoms with Gasteiger partial charge in [0.2, 0.25) is 0 Å². The molecule has 1 atom stereocenters. The first-order chi connectivity index (χ1) is 6.20. The Kier molecular flexibility index (Phi) is 5.14. The summed E-state index contributed by atoms with van der Waals surface area (Å²) in [6.07, 6.45) is 1.29. The molecule has 0 aromatic heterocycles. The van der Waals surface area contributed by atoms with Crippen molar-refractivity contribution in [3.63, 3.8) is 0 Å². The smallest absolute Gasteiger partial charge is 0.0170 e. The number of rotatable bonds is 4. The minimum absolute atomic E-state index is 0.677. The van der Waals surface area contributed by atoms with Gasteiger partial charge in [0.1, 0.15) is 0 Å². The molecular formula is C10H22N2S. The van der Waals surface area contributed by atoms with E-state index in [9.17, 15) is 0 Å². The van der Waals surface area contributed by atoms with Gasteiger partial charge in [0.25, 0.3) is 0 Å². The predicted octanol–water partition coefficient (Wildman–Crippen LogP) is 1.42. The minimum Gasteiger partial charge on any atom is -0.312 e. The molecule has 0 saturated carbocycles. The Balaban J connectivity index is 2.10. The Morgan fingerprint density at radius 3 is 2.85 bits per heavy atom. The van der Waals surface area contributed by atoms with Gasteiger partial charge in [-0.05, 0) is 33.9 Å². The van der Waals surface area contributed by atoms with Crippen molar-refractivity contribution in [3.05, 3.63) is 0 Å². The number of nitrogens with one attached hydrogen (secondary N) is 1. The third-order valence-corrected chi connectivity index (χ3v) is 3.84. The lowest BCUT2D eigenvalue weighted by Crippen LogP contribution is -2.40. The molecule has 13 heavy (non-hydrogen) atoms. The first-order valence-electron chi connectivity index (χ1n) is 5.21. The summed E-state index contributed by atoms with van der Waals surface area (Å²) in [5, 5.41) is 3.57. The van der Waals surface area contributed by atoms with E-state index in [2.05, 4.69) is 42.9 Å². The third kappa shape index (κ3) is 4.34. The van der Waals surface area contributed by atoms with Gasteiger partial charge < -0.3 is 10.2 Å². The van der Waals surface area contributed by atoms with Crippen LogP contribution in [0.15, 0.2) is 0 Å². The molecule has 78 valence electrons. The zero-order chi connectivity index (χ0) is 9.68. The lowest BCUT2D eigenvalue weighted by Gasteiger charge is -2.27. The standard InChI is InChI=1S/C10H22N2S/c1-9(2)12(3)6-4-10-8-13-7-5-11-10/h9-11H,4-8H2,1-3H3. The molecule has 0 radical (unpaired) electrons. The van der Waals surface area contributed by atoms with Crippen LogP contribution in [0.2, 0.25) is 0 Å². The van der Waals surface area contributed by atoms with E-state index < -0.39 is 0 Å². The van der Waals surface area contributed by atoms with Crippen molar-refractivity contribution in [2.75, 3.05) is 31.6 Å². The molecule has 1 heterocycles. The second kappa shape index (κ2) is 5.89. The average Bonchev–Trinajstić information content (AvgIpc) is 2.15. The summed E-state index contributed by atoms with van der Waals surface area (Å²) in [6, 6.07) is 1.43. The van der Waals surface area contributed by atoms with E-state index in [-0.39, 0.29) is 0 Å². The summed E-state index contributed by atoms with van der Waals surface area (Å²) < 4.78 is 0. The quantitative estimate of drug-likeness (QED) is 0.742. The van der Waals surface area contributed by atoms with E-state index in [0.717, 1.165) is 6.04 Å². The molecule has 0 aliphatic carbocycles. The predicted molar refractivity (Wildman–Crippen MR) is 61.5 cm³/mol. The fourth-order valence-electron chi connectivity index (χ4n) is 1.42. The van der Waals surface area contributed by atoms with Crippen molar-refractivity contribution >= 4 is 11.8 Å². The largest absolute Gasteiger partial charge is 0.312 e. The van der Waals surface area contributed by atoms with Crippen molar-refractivity contribution in [1.82, 2.24) is 10.2 Å². The highest BCUT2D eigenvalue weighted by Crippen LogP contribution is 2.10. The molecule has 0 bridgehead atoms. The summed E-state index contributed by atoms with van der Waals surface area (Å²) in [5.74, 6) is 2.59. The minimum atomic E-state index is 0.677. The molecule has 0 amide bonds. The van der Waals surface area contributed by atoms with Crippen LogP contribution in [0.5, 0.6) is 0 Å². The van der Waals surface area contributed by atoms with Crippen LogP contribution in [0.1, 0.15) is 20.3 Å². The van der Waals surface area contributed by atoms with Crippen LogP contribution in [-0.2, 0) is 0 Å². The normalized spacial score (nSPS) is 24.2. The molecule has 2 nitrogen and oxygen atoms in total. The Morgan fingerprint density at radius 2 is 2.31 bits per heavy atom. The van der Waals surface area contributed by atoms with Crippen molar-refractivity contribution in [1.29, 1.82) is 0 Å². The van der Waals surface area contributed by atoms with Gasteiger partial charge in [0, 0.05) is 30.1 Å². The molecule has 1 aliphatic rings. The zero-order valence-corrected chi connectivity index (χ0v) is 9.86. The maximum Gasteiger partial charge on any atom is 0.0170 e. The van der Waals surface area contributed by atoms with Crippen LogP contribution in [0.25, 0.3) is 0 Å². The monoisotopic (exact) mass is 202 g/mol. The molecular weight excluding hydrogens is 180 g/mol. The lowest BCUT2D eigenvalue weighted by atomic mass is 10.2. The first kappa shape index (κ1) is 11.3. The molecule has 1 rings (SSSR count). The molecule has 0 spiro atoms. The molecule has 1 aliphatic heterocycles. The number of hydrogen-bond acceptors (Lipinski definition) is 3. The Bertz CT molecular complexity index is 133. The number of thioether (sulfide) groups is 1. The summed E-state index contributed by atoms with van der Waals surface area (Å²) in [7, 11) is 2.21. The zero-order valence-electron chi connectivity index (χ0n) is 9.05. The third-order valence-electron chi connectivity index (χ3n) is 2.71. The Hall–Kier alpha value is 0.270. The molecule has 1 N–H and O–H groups in total. The lowest BCUT2D eigenvalue weighted by molar-refractivity contribution is 0.259. The Morgan fingerprint density at radius 1 is 1.54 bits per heavy atom. The summed E-state index contributed by atoms with van der Waals surface area (Å²) in [4.78, 5) is 2.42. The average molecular weight is 202 g/mol. The van der Waals surface area contributed by atoms with Crippen molar-refractivity contribution < 1.29 is 0 Å². The van der Waals surface area contributed by atoms with Crippen LogP contribution in [0, 0.1) is 0 Å². The van der Waals surface area contributed by atoms with E-state index in [1.807, 2.05) is 0 Å². The molecule has 1 unspecified atom stereocenters. The van der Waals surface area contributed by atoms with Crippen LogP contribution in [-0.4, -0.2) is 48.6 Å². The van der Waals surface area contributed by atoms with Gasteiger partial charge >= 0.3 is 0 Å². The first-order valence-corrected chi connectivity index (χ1v) is 6.37. The van der Waals surface area contributed by atoms with E-state index in [0.29, 0.717) is 6.04 Å². The molecule has 0 aromatic carbocycles. The van der Waals surface area contributed by atoms with Crippen LogP contribution in [0.3, 0.4) is 0 Å². The van der Waals surface area contributed by atoms with E-state index in [4.69, 9.17) is 0 Å². The van der Waals surface area contributed by atoms with E-state index in [1.54, 1.807) is 0 Å². The highest BCUT2D eigenvalue weighted by Gasteiger charge is 2.13. The van der Waals surface area contributed by atoms with Crippen molar-refractivity contribution in [2.45, 2.75) is 32.4 Å². The molecule has 0 aromatic rings. The molecule has 1 fully saturated rings. The summed E-state index contributed by atoms with van der Waals surface area (Å²) >= 11 is 2.08. The summed E-state index contributed by atoms with van der Waals surface area (Å²) in [6.45, 7) is 6.92. The number of hydrogen-bond donors (Lipinski definition) is 1. The second-order valence-electron chi connectivity index (χ2n) is 4.09. The van der Waals surface area contributed by atoms with Crippen molar-refractivity contribution in [3.8, 4) is 0 Å². The Labute approximate surface area is 86.5 Å². The van der Waals surface area contributed by atoms with Crippen LogP contribution >= 0.6 is 11.8 Å². The van der Waals surface area contributed by atoms with E-state index in [1.165, 1.54) is 31.0 Å². The fourth-order valence-corrected chi connectivity index (χ4v) is 2.42. The van der Waals surface area contributed by atoms with Crippen LogP contribution in [0.4, 0.5) is 0 Å². The van der Waals surface area contributed by atoms with Gasteiger partial charge in [0.05, 0.1) is 0 Å². The summed E-state index contributed by atoms with van der Waals surface area (Å²) in [5.41, 5.74) is 0. The molecule has 1 saturated heterocycles. The van der Waals surface area contributed by atoms with Gasteiger partial charge in [-0.15, -0.1) is 0 Å². The topological polar surface area (TPSA) is 15.3 Å². The van der Waals surface area contributed by atoms with Crippen molar-refractivity contribution in [2.24, 2.45) is 0 Å². The van der Waals surface area contributed by atoms with Gasteiger partial charge in [-0.2, -0.15) is 11.8 Å². The maximum absolute atomic E-state index is 3.57. The van der Waals surface area contributed by atoms with Crippen LogP contribution < -0.4 is 5.32 Å². The van der Waals surface area contributed by atoms with E-state index >= 15 is 0 Å². The molecule has 3 heteroatoms. The fraction of sp³-hybridized carbons (Fsp3) is 1.00. The van der Waals surface area contributed by atoms with Gasteiger partial charge in [-0.3, -0.25) is 0 Å². The highest BCUT2D eigenvalue weighted by molar-refractivity contribution is 7.99. The second-order valence-corrected chi connectivity index (χ2v) is 5.24. The van der Waals surface area contributed by atoms with Gasteiger partial charge in [-0.1, -0.05) is 0 Å². The highest BCUT2D eigenvalue weighted by atomic mass is 32.2. The SMILES string of the molecule is CC(C)N(C)CCC1CSCCN1. The maximum atomic E-state index is 3.57. The van der Waals surface area contributed by atoms with Gasteiger partial charge in [0.15, 0.2) is 0 Å².